The zero-order chi connectivity index (χ0) is 14.9. The topological polar surface area (TPSA) is 9.23 Å². The smallest absolute Gasteiger partial charge is 0.0641 e. The fraction of sp³-hybridized carbons (Fsp3) is 0.667. The van der Waals surface area contributed by atoms with Gasteiger partial charge in [-0.15, -0.1) is 11.6 Å². The SMILES string of the molecule is CCC(C)c1ccc(C(Cl)C2C(C)OC(C)C2C)cc1. The molecule has 1 aromatic carbocycles. The third-order valence-electron chi connectivity index (χ3n) is 5.09. The van der Waals surface area contributed by atoms with E-state index >= 15 is 0 Å². The molecule has 20 heavy (non-hydrogen) atoms. The maximum atomic E-state index is 6.75. The van der Waals surface area contributed by atoms with Crippen LogP contribution in [0.25, 0.3) is 0 Å². The molecular weight excluding hydrogens is 268 g/mol. The second-order valence-corrected chi connectivity index (χ2v) is 6.83. The molecule has 2 heteroatoms. The molecule has 0 bridgehead atoms. The quantitative estimate of drug-likeness (QED) is 0.663. The minimum Gasteiger partial charge on any atom is -0.375 e. The second kappa shape index (κ2) is 6.49. The molecule has 6 unspecified atom stereocenters. The van der Waals surface area contributed by atoms with Crippen LogP contribution in [0, 0.1) is 11.8 Å². The van der Waals surface area contributed by atoms with Crippen LogP contribution in [0.2, 0.25) is 0 Å². The van der Waals surface area contributed by atoms with Gasteiger partial charge in [-0.25, -0.2) is 0 Å². The van der Waals surface area contributed by atoms with E-state index in [-0.39, 0.29) is 11.5 Å². The number of hydrogen-bond acceptors (Lipinski definition) is 1. The molecule has 1 aliphatic heterocycles. The summed E-state index contributed by atoms with van der Waals surface area (Å²) in [4.78, 5) is 0. The van der Waals surface area contributed by atoms with Crippen LogP contribution in [0.4, 0.5) is 0 Å². The molecule has 1 aliphatic rings. The van der Waals surface area contributed by atoms with E-state index < -0.39 is 0 Å². The molecule has 112 valence electrons. The van der Waals surface area contributed by atoms with Crippen LogP contribution in [-0.4, -0.2) is 12.2 Å². The third-order valence-corrected chi connectivity index (χ3v) is 5.64. The van der Waals surface area contributed by atoms with Gasteiger partial charge in [0.25, 0.3) is 0 Å². The molecule has 1 heterocycles. The van der Waals surface area contributed by atoms with Crippen LogP contribution in [-0.2, 0) is 4.74 Å². The number of ether oxygens (including phenoxy) is 1. The lowest BCUT2D eigenvalue weighted by atomic mass is 9.83. The molecule has 0 amide bonds. The highest BCUT2D eigenvalue weighted by Gasteiger charge is 2.41. The lowest BCUT2D eigenvalue weighted by Gasteiger charge is -2.24. The maximum absolute atomic E-state index is 6.75. The van der Waals surface area contributed by atoms with Crippen molar-refractivity contribution in [2.45, 2.75) is 64.5 Å². The fourth-order valence-corrected chi connectivity index (χ4v) is 3.84. The van der Waals surface area contributed by atoms with E-state index in [4.69, 9.17) is 16.3 Å². The van der Waals surface area contributed by atoms with E-state index in [2.05, 4.69) is 58.9 Å². The van der Waals surface area contributed by atoms with Crippen LogP contribution < -0.4 is 0 Å². The Bertz CT molecular complexity index is 428. The van der Waals surface area contributed by atoms with Crippen molar-refractivity contribution >= 4 is 11.6 Å². The van der Waals surface area contributed by atoms with Crippen molar-refractivity contribution in [2.24, 2.45) is 11.8 Å². The van der Waals surface area contributed by atoms with Gasteiger partial charge in [0, 0.05) is 5.92 Å². The second-order valence-electron chi connectivity index (χ2n) is 6.36. The Morgan fingerprint density at radius 2 is 1.60 bits per heavy atom. The van der Waals surface area contributed by atoms with Crippen LogP contribution in [0.1, 0.15) is 63.5 Å². The fourth-order valence-electron chi connectivity index (χ4n) is 3.26. The van der Waals surface area contributed by atoms with E-state index in [9.17, 15) is 0 Å². The van der Waals surface area contributed by atoms with E-state index in [1.54, 1.807) is 0 Å². The molecule has 0 radical (unpaired) electrons. The summed E-state index contributed by atoms with van der Waals surface area (Å²) in [6.45, 7) is 11.0. The van der Waals surface area contributed by atoms with Crippen molar-refractivity contribution in [1.82, 2.24) is 0 Å². The maximum Gasteiger partial charge on any atom is 0.0641 e. The molecule has 2 rings (SSSR count). The van der Waals surface area contributed by atoms with E-state index in [0.717, 1.165) is 0 Å². The van der Waals surface area contributed by atoms with Gasteiger partial charge in [-0.3, -0.25) is 0 Å². The van der Waals surface area contributed by atoms with Crippen molar-refractivity contribution in [3.8, 4) is 0 Å². The summed E-state index contributed by atoms with van der Waals surface area (Å²) in [5.41, 5.74) is 2.62. The van der Waals surface area contributed by atoms with Crippen molar-refractivity contribution < 1.29 is 4.74 Å². The van der Waals surface area contributed by atoms with Crippen molar-refractivity contribution in [1.29, 1.82) is 0 Å². The van der Waals surface area contributed by atoms with Crippen LogP contribution in [0.15, 0.2) is 24.3 Å². The van der Waals surface area contributed by atoms with Gasteiger partial charge in [0.2, 0.25) is 0 Å². The summed E-state index contributed by atoms with van der Waals surface area (Å²) >= 11 is 6.75. The summed E-state index contributed by atoms with van der Waals surface area (Å²) in [6.07, 6.45) is 1.71. The average Bonchev–Trinajstić information content (AvgIpc) is 2.71. The predicted molar refractivity (Wildman–Crippen MR) is 86.4 cm³/mol. The van der Waals surface area contributed by atoms with Gasteiger partial charge < -0.3 is 4.74 Å². The molecule has 6 atom stereocenters. The molecule has 0 saturated carbocycles. The highest BCUT2D eigenvalue weighted by atomic mass is 35.5. The summed E-state index contributed by atoms with van der Waals surface area (Å²) in [5.74, 6) is 1.51. The highest BCUT2D eigenvalue weighted by Crippen LogP contribution is 2.44. The molecule has 1 nitrogen and oxygen atoms in total. The number of alkyl halides is 1. The number of hydrogen-bond donors (Lipinski definition) is 0. The first-order valence-corrected chi connectivity index (χ1v) is 8.28. The zero-order valence-electron chi connectivity index (χ0n) is 13.3. The van der Waals surface area contributed by atoms with Gasteiger partial charge in [-0.2, -0.15) is 0 Å². The van der Waals surface area contributed by atoms with Crippen molar-refractivity contribution in [3.05, 3.63) is 35.4 Å². The standard InChI is InChI=1S/C18H27ClO/c1-6-11(2)15-7-9-16(10-8-15)18(19)17-12(3)13(4)20-14(17)5/h7-14,17-18H,6H2,1-5H3. The molecular formula is C18H27ClO. The molecule has 0 spiro atoms. The first-order chi connectivity index (χ1) is 9.45. The number of rotatable bonds is 4. The number of benzene rings is 1. The lowest BCUT2D eigenvalue weighted by molar-refractivity contribution is 0.0508. The molecule has 0 N–H and O–H groups in total. The summed E-state index contributed by atoms with van der Waals surface area (Å²) in [5, 5.41) is 0.0379. The van der Waals surface area contributed by atoms with Gasteiger partial charge in [0.05, 0.1) is 17.6 Å². The van der Waals surface area contributed by atoms with E-state index in [0.29, 0.717) is 23.9 Å². The Hall–Kier alpha value is -0.530. The summed E-state index contributed by atoms with van der Waals surface area (Å²) < 4.78 is 5.92. The largest absolute Gasteiger partial charge is 0.375 e. The Balaban J connectivity index is 2.15. The first-order valence-electron chi connectivity index (χ1n) is 7.85. The van der Waals surface area contributed by atoms with Gasteiger partial charge in [0.1, 0.15) is 0 Å². The van der Waals surface area contributed by atoms with E-state index in [1.807, 2.05) is 0 Å². The van der Waals surface area contributed by atoms with Gasteiger partial charge in [0.15, 0.2) is 0 Å². The Morgan fingerprint density at radius 1 is 1.05 bits per heavy atom. The predicted octanol–water partition coefficient (Wildman–Crippen LogP) is 5.54. The van der Waals surface area contributed by atoms with Gasteiger partial charge >= 0.3 is 0 Å². The lowest BCUT2D eigenvalue weighted by Crippen LogP contribution is -2.22. The molecule has 1 aromatic rings. The van der Waals surface area contributed by atoms with Crippen LogP contribution in [0.3, 0.4) is 0 Å². The minimum atomic E-state index is 0.0379. The zero-order valence-corrected chi connectivity index (χ0v) is 14.0. The Labute approximate surface area is 128 Å². The molecule has 0 aliphatic carbocycles. The Morgan fingerprint density at radius 3 is 2.05 bits per heavy atom. The summed E-state index contributed by atoms with van der Waals surface area (Å²) in [6, 6.07) is 8.85. The highest BCUT2D eigenvalue weighted by molar-refractivity contribution is 6.21. The molecule has 0 aromatic heterocycles. The summed E-state index contributed by atoms with van der Waals surface area (Å²) in [7, 11) is 0. The number of halogens is 1. The minimum absolute atomic E-state index is 0.0379. The molecule has 1 fully saturated rings. The third kappa shape index (κ3) is 3.04. The van der Waals surface area contributed by atoms with Crippen LogP contribution >= 0.6 is 11.6 Å². The van der Waals surface area contributed by atoms with Crippen molar-refractivity contribution in [2.75, 3.05) is 0 Å². The molecule has 1 saturated heterocycles. The first kappa shape index (κ1) is 15.9. The normalized spacial score (nSPS) is 33.1. The van der Waals surface area contributed by atoms with E-state index in [1.165, 1.54) is 17.5 Å². The Kier molecular flexibility index (Phi) is 5.14. The average molecular weight is 295 g/mol. The monoisotopic (exact) mass is 294 g/mol. The van der Waals surface area contributed by atoms with Crippen molar-refractivity contribution in [3.63, 3.8) is 0 Å². The van der Waals surface area contributed by atoms with Gasteiger partial charge in [-0.05, 0) is 43.2 Å². The van der Waals surface area contributed by atoms with Gasteiger partial charge in [-0.1, -0.05) is 45.0 Å². The van der Waals surface area contributed by atoms with Crippen LogP contribution in [0.5, 0.6) is 0 Å².